The van der Waals surface area contributed by atoms with Gasteiger partial charge in [-0.25, -0.2) is 4.98 Å². The number of hydrogen-bond donors (Lipinski definition) is 2. The van der Waals surface area contributed by atoms with Crippen molar-refractivity contribution >= 4 is 17.2 Å². The quantitative estimate of drug-likeness (QED) is 0.737. The molecule has 2 N–H and O–H groups in total. The van der Waals surface area contributed by atoms with Gasteiger partial charge in [0.25, 0.3) is 0 Å². The number of quaternary nitrogens is 1. The molecule has 1 aromatic heterocycles. The van der Waals surface area contributed by atoms with Crippen LogP contribution in [0.25, 0.3) is 11.3 Å². The Labute approximate surface area is 185 Å². The van der Waals surface area contributed by atoms with Crippen molar-refractivity contribution in [2.75, 3.05) is 19.6 Å². The summed E-state index contributed by atoms with van der Waals surface area (Å²) in [5, 5.41) is 4.38. The molecular formula is C25H36N3OS+. The first-order chi connectivity index (χ1) is 14.6. The SMILES string of the molecule is Cc1ccc(-c2nc(C)sc2CC(=O)NCC2([NH+]3CCCCC3)CCCCC2)cc1. The number of hydrogen-bond acceptors (Lipinski definition) is 3. The van der Waals surface area contributed by atoms with Crippen LogP contribution < -0.4 is 10.2 Å². The average molecular weight is 427 g/mol. The lowest BCUT2D eigenvalue weighted by atomic mass is 9.79. The van der Waals surface area contributed by atoms with Crippen LogP contribution in [-0.4, -0.2) is 36.1 Å². The summed E-state index contributed by atoms with van der Waals surface area (Å²) in [5.74, 6) is 0.147. The van der Waals surface area contributed by atoms with Gasteiger partial charge in [0.2, 0.25) is 5.91 Å². The highest BCUT2D eigenvalue weighted by Crippen LogP contribution is 2.29. The van der Waals surface area contributed by atoms with Crippen LogP contribution in [0.2, 0.25) is 0 Å². The number of amides is 1. The topological polar surface area (TPSA) is 46.4 Å². The minimum Gasteiger partial charge on any atom is -0.350 e. The largest absolute Gasteiger partial charge is 0.350 e. The number of carbonyl (C=O) groups excluding carboxylic acids is 1. The second-order valence-electron chi connectivity index (χ2n) is 9.33. The summed E-state index contributed by atoms with van der Waals surface area (Å²) in [6.45, 7) is 7.51. The molecule has 0 unspecified atom stereocenters. The van der Waals surface area contributed by atoms with Crippen molar-refractivity contribution in [1.29, 1.82) is 0 Å². The van der Waals surface area contributed by atoms with Crippen LogP contribution >= 0.6 is 11.3 Å². The normalized spacial score (nSPS) is 19.5. The molecule has 1 amide bonds. The van der Waals surface area contributed by atoms with Crippen molar-refractivity contribution in [1.82, 2.24) is 10.3 Å². The summed E-state index contributed by atoms with van der Waals surface area (Å²) < 4.78 is 0. The Morgan fingerprint density at radius 2 is 1.70 bits per heavy atom. The molecule has 0 bridgehead atoms. The van der Waals surface area contributed by atoms with E-state index in [2.05, 4.69) is 36.5 Å². The predicted molar refractivity (Wildman–Crippen MR) is 124 cm³/mol. The molecule has 1 saturated carbocycles. The first kappa shape index (κ1) is 21.5. The molecule has 1 aliphatic heterocycles. The number of benzene rings is 1. The van der Waals surface area contributed by atoms with Gasteiger partial charge in [0.15, 0.2) is 0 Å². The third-order valence-electron chi connectivity index (χ3n) is 7.09. The van der Waals surface area contributed by atoms with Crippen molar-refractivity contribution in [2.24, 2.45) is 0 Å². The van der Waals surface area contributed by atoms with E-state index < -0.39 is 0 Å². The van der Waals surface area contributed by atoms with Crippen molar-refractivity contribution in [3.05, 3.63) is 39.7 Å². The monoisotopic (exact) mass is 426 g/mol. The lowest BCUT2D eigenvalue weighted by Gasteiger charge is -2.45. The lowest BCUT2D eigenvalue weighted by Crippen LogP contribution is -3.22. The van der Waals surface area contributed by atoms with Crippen LogP contribution in [0.3, 0.4) is 0 Å². The van der Waals surface area contributed by atoms with Crippen molar-refractivity contribution in [3.8, 4) is 11.3 Å². The molecule has 2 aliphatic rings. The molecule has 2 heterocycles. The van der Waals surface area contributed by atoms with Crippen LogP contribution in [0, 0.1) is 13.8 Å². The fourth-order valence-corrected chi connectivity index (χ4v) is 6.35. The number of thiazole rings is 1. The maximum absolute atomic E-state index is 13.0. The number of nitrogens with one attached hydrogen (secondary N) is 2. The lowest BCUT2D eigenvalue weighted by molar-refractivity contribution is -0.957. The highest BCUT2D eigenvalue weighted by atomic mass is 32.1. The second-order valence-corrected chi connectivity index (χ2v) is 10.6. The molecule has 1 aliphatic carbocycles. The van der Waals surface area contributed by atoms with Gasteiger partial charge in [-0.1, -0.05) is 36.2 Å². The van der Waals surface area contributed by atoms with Crippen molar-refractivity contribution in [2.45, 2.75) is 77.2 Å². The van der Waals surface area contributed by atoms with Gasteiger partial charge in [-0.15, -0.1) is 11.3 Å². The minimum atomic E-state index is 0.147. The maximum atomic E-state index is 13.0. The number of rotatable bonds is 6. The fourth-order valence-electron chi connectivity index (χ4n) is 5.39. The van der Waals surface area contributed by atoms with Gasteiger partial charge in [-0.2, -0.15) is 0 Å². The zero-order valence-corrected chi connectivity index (χ0v) is 19.4. The summed E-state index contributed by atoms with van der Waals surface area (Å²) in [6, 6.07) is 8.45. The Balaban J connectivity index is 1.43. The Bertz CT molecular complexity index is 846. The Hall–Kier alpha value is -1.72. The molecule has 1 saturated heterocycles. The van der Waals surface area contributed by atoms with Gasteiger partial charge >= 0.3 is 0 Å². The second kappa shape index (κ2) is 9.61. The standard InChI is InChI=1S/C25H35N3OS/c1-19-9-11-21(12-10-19)24-22(30-20(2)27-24)17-23(29)26-18-25(13-5-3-6-14-25)28-15-7-4-8-16-28/h9-12H,3-8,13-18H2,1-2H3,(H,26,29)/p+1. The number of piperidine rings is 1. The minimum absolute atomic E-state index is 0.147. The third-order valence-corrected chi connectivity index (χ3v) is 8.06. The summed E-state index contributed by atoms with van der Waals surface area (Å²) in [7, 11) is 0. The smallest absolute Gasteiger partial charge is 0.225 e. The van der Waals surface area contributed by atoms with E-state index >= 15 is 0 Å². The van der Waals surface area contributed by atoms with Crippen LogP contribution in [-0.2, 0) is 11.2 Å². The molecule has 30 heavy (non-hydrogen) atoms. The molecule has 0 atom stereocenters. The third kappa shape index (κ3) is 4.94. The van der Waals surface area contributed by atoms with Crippen LogP contribution in [0.15, 0.2) is 24.3 Å². The first-order valence-electron chi connectivity index (χ1n) is 11.7. The number of carbonyl (C=O) groups is 1. The van der Waals surface area contributed by atoms with E-state index in [4.69, 9.17) is 4.98 Å². The number of aryl methyl sites for hydroxylation is 2. The van der Waals surface area contributed by atoms with Crippen LogP contribution in [0.5, 0.6) is 0 Å². The molecule has 2 aromatic rings. The molecule has 1 aromatic carbocycles. The van der Waals surface area contributed by atoms with Gasteiger partial charge in [0.05, 0.1) is 36.8 Å². The summed E-state index contributed by atoms with van der Waals surface area (Å²) >= 11 is 1.65. The summed E-state index contributed by atoms with van der Waals surface area (Å²) in [4.78, 5) is 20.6. The number of nitrogens with zero attached hydrogens (tertiary/aromatic N) is 1. The zero-order valence-electron chi connectivity index (χ0n) is 18.6. The van der Waals surface area contributed by atoms with E-state index in [1.54, 1.807) is 16.2 Å². The zero-order chi connectivity index (χ0) is 21.0. The molecular weight excluding hydrogens is 390 g/mol. The Kier molecular flexibility index (Phi) is 6.89. The maximum Gasteiger partial charge on any atom is 0.225 e. The molecule has 2 fully saturated rings. The molecule has 4 nitrogen and oxygen atoms in total. The molecule has 5 heteroatoms. The number of likely N-dealkylation sites (tertiary alicyclic amines) is 1. The van der Waals surface area contributed by atoms with Gasteiger partial charge in [-0.05, 0) is 46.0 Å². The van der Waals surface area contributed by atoms with E-state index in [9.17, 15) is 4.79 Å². The average Bonchev–Trinajstić information content (AvgIpc) is 3.14. The van der Waals surface area contributed by atoms with Crippen molar-refractivity contribution < 1.29 is 9.69 Å². The highest BCUT2D eigenvalue weighted by Gasteiger charge is 2.42. The van der Waals surface area contributed by atoms with E-state index in [-0.39, 0.29) is 11.4 Å². The fraction of sp³-hybridized carbons (Fsp3) is 0.600. The summed E-state index contributed by atoms with van der Waals surface area (Å²) in [5.41, 5.74) is 3.58. The van der Waals surface area contributed by atoms with Crippen LogP contribution in [0.1, 0.15) is 66.8 Å². The first-order valence-corrected chi connectivity index (χ1v) is 12.5. The van der Waals surface area contributed by atoms with E-state index in [0.717, 1.165) is 27.7 Å². The molecule has 4 rings (SSSR count). The molecule has 0 spiro atoms. The van der Waals surface area contributed by atoms with Gasteiger partial charge in [-0.3, -0.25) is 4.79 Å². The van der Waals surface area contributed by atoms with E-state index in [1.807, 2.05) is 6.92 Å². The Morgan fingerprint density at radius 1 is 1.03 bits per heavy atom. The summed E-state index contributed by atoms with van der Waals surface area (Å²) in [6.07, 6.45) is 11.0. The highest BCUT2D eigenvalue weighted by molar-refractivity contribution is 7.12. The predicted octanol–water partition coefficient (Wildman–Crippen LogP) is 3.86. The van der Waals surface area contributed by atoms with Gasteiger partial charge in [0.1, 0.15) is 5.54 Å². The van der Waals surface area contributed by atoms with E-state index in [1.165, 1.54) is 70.0 Å². The molecule has 162 valence electrons. The van der Waals surface area contributed by atoms with Gasteiger partial charge in [0, 0.05) is 23.3 Å². The van der Waals surface area contributed by atoms with Gasteiger partial charge < -0.3 is 10.2 Å². The number of aromatic nitrogens is 1. The molecule has 0 radical (unpaired) electrons. The van der Waals surface area contributed by atoms with E-state index in [0.29, 0.717) is 6.42 Å². The van der Waals surface area contributed by atoms with Crippen LogP contribution in [0.4, 0.5) is 0 Å². The van der Waals surface area contributed by atoms with Crippen molar-refractivity contribution in [3.63, 3.8) is 0 Å². The Morgan fingerprint density at radius 3 is 2.40 bits per heavy atom.